The third-order valence-corrected chi connectivity index (χ3v) is 13.0. The predicted molar refractivity (Wildman–Crippen MR) is 198 cm³/mol. The van der Waals surface area contributed by atoms with Gasteiger partial charge in [-0.1, -0.05) is 59.7 Å². The zero-order chi connectivity index (χ0) is 35.7. The number of fused-ring (bicyclic) bond motifs is 10. The second-order valence-electron chi connectivity index (χ2n) is 15.2. The Labute approximate surface area is 299 Å². The summed E-state index contributed by atoms with van der Waals surface area (Å²) in [7, 11) is 7.21. The smallest absolute Gasteiger partial charge is 0.310 e. The SMILES string of the molecule is C/C=C1\CN(C)[C@@H]2Cc3c(n([C@@H]4C[C@H]5/C(=C/C)CN(C)[C@H](Cc6c4[nH]c4ccccc64)[C@H]5C(=O)OC)c4ccccc34)[C@H](O)C[C@@H]1[C@@H]2C(=O)OC. The Balaban J connectivity index is 1.41. The van der Waals surface area contributed by atoms with Crippen LogP contribution in [0.1, 0.15) is 61.3 Å². The fourth-order valence-electron chi connectivity index (χ4n) is 10.6. The molecule has 8 rings (SSSR count). The molecule has 0 radical (unpaired) electrons. The van der Waals surface area contributed by atoms with E-state index in [1.165, 1.54) is 30.7 Å². The molecule has 0 unspecified atom stereocenters. The van der Waals surface area contributed by atoms with E-state index in [1.807, 2.05) is 6.92 Å². The van der Waals surface area contributed by atoms with Crippen molar-refractivity contribution in [2.45, 2.75) is 63.8 Å². The second kappa shape index (κ2) is 13.1. The number of likely N-dealkylation sites (N-methyl/N-ethyl adjacent to an activating group) is 2. The van der Waals surface area contributed by atoms with Gasteiger partial charge in [-0.25, -0.2) is 0 Å². The molecule has 4 aromatic rings. The van der Waals surface area contributed by atoms with Crippen LogP contribution in [-0.2, 0) is 31.9 Å². The van der Waals surface area contributed by atoms with Gasteiger partial charge >= 0.3 is 11.9 Å². The number of H-pyrrole nitrogens is 1. The number of piperidine rings is 2. The number of aliphatic hydroxyl groups is 1. The van der Waals surface area contributed by atoms with E-state index in [0.717, 1.165) is 52.0 Å². The van der Waals surface area contributed by atoms with Crippen molar-refractivity contribution in [1.82, 2.24) is 19.4 Å². The van der Waals surface area contributed by atoms with Crippen LogP contribution in [0.3, 0.4) is 0 Å². The lowest BCUT2D eigenvalue weighted by molar-refractivity contribution is -0.152. The van der Waals surface area contributed by atoms with Gasteiger partial charge in [-0.3, -0.25) is 19.4 Å². The molecule has 9 nitrogen and oxygen atoms in total. The van der Waals surface area contributed by atoms with Crippen LogP contribution in [0.25, 0.3) is 21.8 Å². The van der Waals surface area contributed by atoms with Gasteiger partial charge in [0.25, 0.3) is 0 Å². The van der Waals surface area contributed by atoms with Crippen molar-refractivity contribution in [3.05, 3.63) is 94.3 Å². The molecule has 4 bridgehead atoms. The molecule has 2 N–H and O–H groups in total. The van der Waals surface area contributed by atoms with E-state index in [0.29, 0.717) is 25.7 Å². The van der Waals surface area contributed by atoms with E-state index in [4.69, 9.17) is 9.47 Å². The summed E-state index contributed by atoms with van der Waals surface area (Å²) in [5, 5.41) is 14.9. The molecule has 8 atom stereocenters. The lowest BCUT2D eigenvalue weighted by Gasteiger charge is -2.47. The van der Waals surface area contributed by atoms with Crippen molar-refractivity contribution in [3.8, 4) is 0 Å². The van der Waals surface area contributed by atoms with Gasteiger partial charge in [-0.2, -0.15) is 0 Å². The largest absolute Gasteiger partial charge is 0.469 e. The molecular formula is C42H50N4O5. The first-order valence-corrected chi connectivity index (χ1v) is 18.5. The molecule has 51 heavy (non-hydrogen) atoms. The van der Waals surface area contributed by atoms with Gasteiger partial charge in [0.15, 0.2) is 0 Å². The Hall–Kier alpha value is -4.18. The van der Waals surface area contributed by atoms with Crippen LogP contribution >= 0.6 is 0 Å². The summed E-state index contributed by atoms with van der Waals surface area (Å²) in [4.78, 5) is 35.9. The van der Waals surface area contributed by atoms with Crippen molar-refractivity contribution in [2.24, 2.45) is 23.7 Å². The molecule has 0 saturated carbocycles. The molecule has 2 aromatic heterocycles. The van der Waals surface area contributed by atoms with Gasteiger partial charge in [0, 0.05) is 52.7 Å². The third kappa shape index (κ3) is 5.22. The molecule has 2 aromatic carbocycles. The number of aromatic amines is 1. The first-order chi connectivity index (χ1) is 24.7. The maximum atomic E-state index is 13.9. The maximum absolute atomic E-state index is 13.9. The van der Waals surface area contributed by atoms with Gasteiger partial charge in [0.2, 0.25) is 0 Å². The van der Waals surface area contributed by atoms with Crippen LogP contribution in [0, 0.1) is 23.7 Å². The first kappa shape index (κ1) is 33.9. The number of ether oxygens (including phenoxy) is 2. The normalized spacial score (nSPS) is 31.4. The fourth-order valence-corrected chi connectivity index (χ4v) is 10.6. The molecule has 4 heterocycles. The lowest BCUT2D eigenvalue weighted by atomic mass is 9.69. The number of para-hydroxylation sites is 2. The van der Waals surface area contributed by atoms with Gasteiger partial charge in [0.05, 0.1) is 43.9 Å². The second-order valence-corrected chi connectivity index (χ2v) is 15.2. The molecule has 0 spiro atoms. The molecule has 4 aliphatic rings. The summed E-state index contributed by atoms with van der Waals surface area (Å²) in [6.45, 7) is 5.64. The number of aromatic nitrogens is 2. The van der Waals surface area contributed by atoms with E-state index in [2.05, 4.69) is 101 Å². The summed E-state index contributed by atoms with van der Waals surface area (Å²) >= 11 is 0. The topological polar surface area (TPSA) is 100 Å². The number of aliphatic hydroxyl groups excluding tert-OH is 1. The molecule has 2 fully saturated rings. The number of carbonyl (C=O) groups excluding carboxylic acids is 2. The summed E-state index contributed by atoms with van der Waals surface area (Å²) in [6.07, 6.45) is 5.87. The summed E-state index contributed by atoms with van der Waals surface area (Å²) in [5.74, 6) is -1.33. The average molecular weight is 691 g/mol. The van der Waals surface area contributed by atoms with Crippen molar-refractivity contribution in [3.63, 3.8) is 0 Å². The minimum absolute atomic E-state index is 0.0258. The Bertz CT molecular complexity index is 2070. The number of rotatable bonds is 3. The van der Waals surface area contributed by atoms with Gasteiger partial charge < -0.3 is 24.1 Å². The molecule has 2 aliphatic heterocycles. The van der Waals surface area contributed by atoms with Crippen LogP contribution in [0.2, 0.25) is 0 Å². The highest BCUT2D eigenvalue weighted by Crippen LogP contribution is 2.51. The number of likely N-dealkylation sites (tertiary alicyclic amines) is 2. The summed E-state index contributed by atoms with van der Waals surface area (Å²) in [6, 6.07) is 16.6. The average Bonchev–Trinajstić information content (AvgIpc) is 3.65. The van der Waals surface area contributed by atoms with E-state index in [-0.39, 0.29) is 53.7 Å². The molecule has 2 aliphatic carbocycles. The number of carbonyl (C=O) groups is 2. The van der Waals surface area contributed by atoms with Gasteiger partial charge in [-0.05, 0) is 88.7 Å². The van der Waals surface area contributed by atoms with Crippen molar-refractivity contribution < 1.29 is 24.2 Å². The molecule has 2 saturated heterocycles. The Morgan fingerprint density at radius 3 is 1.94 bits per heavy atom. The number of benzene rings is 2. The van der Waals surface area contributed by atoms with E-state index >= 15 is 0 Å². The first-order valence-electron chi connectivity index (χ1n) is 18.5. The van der Waals surface area contributed by atoms with Gasteiger partial charge in [-0.15, -0.1) is 0 Å². The van der Waals surface area contributed by atoms with Crippen LogP contribution in [0.4, 0.5) is 0 Å². The number of nitrogens with zero attached hydrogens (tertiary/aromatic N) is 3. The zero-order valence-electron chi connectivity index (χ0n) is 30.6. The highest BCUT2D eigenvalue weighted by atomic mass is 16.5. The zero-order valence-corrected chi connectivity index (χ0v) is 30.6. The standard InChI is InChI=1S/C42H50N4O5/c1-7-23-21-44(3)33-18-29-25-13-9-11-15-31(25)43-39(29)35(17-27(23)37(33)41(48)50-5)46-32-16-12-10-14-26(32)30-19-34-38(42(49)51-6)28(20-36(47)40(30)46)24(8-2)22-45(34)4/h7-16,27-28,33-38,43,47H,17-22H2,1-6H3/b23-7+,24-8+/t27-,28-,33+,34+,35+,36+,37-,38-/m0/s1. The Morgan fingerprint density at radius 1 is 0.784 bits per heavy atom. The van der Waals surface area contributed by atoms with E-state index in [9.17, 15) is 14.7 Å². The number of allylic oxidation sites excluding steroid dienone is 2. The van der Waals surface area contributed by atoms with Gasteiger partial charge in [0.1, 0.15) is 0 Å². The van der Waals surface area contributed by atoms with Crippen LogP contribution < -0.4 is 0 Å². The van der Waals surface area contributed by atoms with E-state index < -0.39 is 6.10 Å². The maximum Gasteiger partial charge on any atom is 0.310 e. The van der Waals surface area contributed by atoms with Crippen molar-refractivity contribution in [2.75, 3.05) is 41.4 Å². The van der Waals surface area contributed by atoms with Crippen LogP contribution in [0.5, 0.6) is 0 Å². The monoisotopic (exact) mass is 690 g/mol. The van der Waals surface area contributed by atoms with Crippen LogP contribution in [-0.4, -0.2) is 89.9 Å². The Kier molecular flexibility index (Phi) is 8.72. The summed E-state index contributed by atoms with van der Waals surface area (Å²) in [5.41, 5.74) is 8.88. The third-order valence-electron chi connectivity index (χ3n) is 13.0. The number of nitrogens with one attached hydrogen (secondary N) is 1. The van der Waals surface area contributed by atoms with Crippen LogP contribution in [0.15, 0.2) is 71.8 Å². The lowest BCUT2D eigenvalue weighted by Crippen LogP contribution is -2.54. The fraction of sp³-hybridized carbons (Fsp3) is 0.476. The minimum atomic E-state index is -0.829. The Morgan fingerprint density at radius 2 is 1.33 bits per heavy atom. The van der Waals surface area contributed by atoms with E-state index in [1.54, 1.807) is 0 Å². The molecule has 0 amide bonds. The van der Waals surface area contributed by atoms with Crippen molar-refractivity contribution in [1.29, 1.82) is 0 Å². The highest BCUT2D eigenvalue weighted by molar-refractivity contribution is 5.88. The number of methoxy groups -OCH3 is 2. The quantitative estimate of drug-likeness (QED) is 0.202. The highest BCUT2D eigenvalue weighted by Gasteiger charge is 2.50. The predicted octanol–water partition coefficient (Wildman–Crippen LogP) is 5.97. The molecule has 268 valence electrons. The number of hydrogen-bond donors (Lipinski definition) is 2. The summed E-state index contributed by atoms with van der Waals surface area (Å²) < 4.78 is 13.4. The molecular weight excluding hydrogens is 640 g/mol. The minimum Gasteiger partial charge on any atom is -0.469 e. The number of hydrogen-bond acceptors (Lipinski definition) is 7. The molecule has 9 heteroatoms. The van der Waals surface area contributed by atoms with Crippen molar-refractivity contribution >= 4 is 33.7 Å². The number of esters is 2.